The first-order valence-corrected chi connectivity index (χ1v) is 8.73. The van der Waals surface area contributed by atoms with Gasteiger partial charge < -0.3 is 14.5 Å². The number of nitrogens with zero attached hydrogens (tertiary/aromatic N) is 3. The van der Waals surface area contributed by atoms with E-state index in [1.807, 2.05) is 24.0 Å². The first-order chi connectivity index (χ1) is 11.6. The molecule has 2 saturated heterocycles. The highest BCUT2D eigenvalue weighted by molar-refractivity contribution is 5.85. The van der Waals surface area contributed by atoms with E-state index in [9.17, 15) is 9.59 Å². The van der Waals surface area contributed by atoms with Gasteiger partial charge in [0.25, 0.3) is 0 Å². The summed E-state index contributed by atoms with van der Waals surface area (Å²) in [4.78, 5) is 32.5. The van der Waals surface area contributed by atoms with E-state index in [0.29, 0.717) is 32.7 Å². The van der Waals surface area contributed by atoms with Crippen LogP contribution in [0.5, 0.6) is 0 Å². The van der Waals surface area contributed by atoms with E-state index >= 15 is 0 Å². The van der Waals surface area contributed by atoms with E-state index in [1.165, 1.54) is 0 Å². The Morgan fingerprint density at radius 1 is 1.33 bits per heavy atom. The molecule has 0 unspecified atom stereocenters. The van der Waals surface area contributed by atoms with Gasteiger partial charge >= 0.3 is 0 Å². The molecule has 6 heteroatoms. The van der Waals surface area contributed by atoms with E-state index in [0.717, 1.165) is 30.5 Å². The molecule has 3 heterocycles. The maximum absolute atomic E-state index is 12.6. The number of pyridine rings is 1. The van der Waals surface area contributed by atoms with Crippen LogP contribution in [0.2, 0.25) is 0 Å². The summed E-state index contributed by atoms with van der Waals surface area (Å²) in [5, 5.41) is 0. The Morgan fingerprint density at radius 3 is 3.04 bits per heavy atom. The second-order valence-electron chi connectivity index (χ2n) is 6.56. The van der Waals surface area contributed by atoms with E-state index in [4.69, 9.17) is 4.74 Å². The van der Waals surface area contributed by atoms with Crippen LogP contribution in [0.4, 0.5) is 0 Å². The summed E-state index contributed by atoms with van der Waals surface area (Å²) in [5.41, 5.74) is 1.99. The van der Waals surface area contributed by atoms with Gasteiger partial charge in [-0.05, 0) is 37.5 Å². The Balaban J connectivity index is 1.61. The van der Waals surface area contributed by atoms with E-state index < -0.39 is 0 Å². The lowest BCUT2D eigenvalue weighted by Crippen LogP contribution is -2.47. The van der Waals surface area contributed by atoms with Crippen LogP contribution >= 0.6 is 0 Å². The third-order valence-corrected chi connectivity index (χ3v) is 4.71. The molecule has 0 radical (unpaired) electrons. The number of ether oxygens (including phenoxy) is 1. The Bertz CT molecular complexity index is 605. The molecule has 2 aliphatic rings. The van der Waals surface area contributed by atoms with E-state index in [1.54, 1.807) is 11.1 Å². The summed E-state index contributed by atoms with van der Waals surface area (Å²) in [6.45, 7) is 4.47. The van der Waals surface area contributed by atoms with Crippen LogP contribution in [-0.4, -0.2) is 59.4 Å². The van der Waals surface area contributed by atoms with Crippen molar-refractivity contribution in [3.63, 3.8) is 0 Å². The molecule has 2 fully saturated rings. The number of aryl methyl sites for hydroxylation is 1. The highest BCUT2D eigenvalue weighted by atomic mass is 16.5. The van der Waals surface area contributed by atoms with E-state index in [2.05, 4.69) is 4.98 Å². The van der Waals surface area contributed by atoms with Gasteiger partial charge in [-0.15, -0.1) is 0 Å². The van der Waals surface area contributed by atoms with Gasteiger partial charge in [0.2, 0.25) is 11.8 Å². The number of rotatable bonds is 3. The fourth-order valence-electron chi connectivity index (χ4n) is 3.31. The largest absolute Gasteiger partial charge is 0.370 e. The van der Waals surface area contributed by atoms with Gasteiger partial charge in [-0.25, -0.2) is 0 Å². The van der Waals surface area contributed by atoms with E-state index in [-0.39, 0.29) is 24.5 Å². The zero-order valence-corrected chi connectivity index (χ0v) is 14.2. The number of morpholine rings is 1. The van der Waals surface area contributed by atoms with Crippen molar-refractivity contribution in [2.24, 2.45) is 0 Å². The van der Waals surface area contributed by atoms with Crippen LogP contribution in [0.3, 0.4) is 0 Å². The van der Waals surface area contributed by atoms with Crippen molar-refractivity contribution >= 4 is 11.8 Å². The molecule has 0 saturated carbocycles. The van der Waals surface area contributed by atoms with Crippen molar-refractivity contribution in [1.82, 2.24) is 14.8 Å². The number of carbonyl (C=O) groups excluding carboxylic acids is 2. The highest BCUT2D eigenvalue weighted by Gasteiger charge is 2.28. The van der Waals surface area contributed by atoms with Crippen LogP contribution in [0.1, 0.15) is 43.0 Å². The summed E-state index contributed by atoms with van der Waals surface area (Å²) in [6.07, 6.45) is 5.20. The number of likely N-dealkylation sites (tertiary alicyclic amines) is 1. The lowest BCUT2D eigenvalue weighted by atomic mass is 10.1. The maximum atomic E-state index is 12.6. The number of aromatic nitrogens is 1. The minimum Gasteiger partial charge on any atom is -0.370 e. The lowest BCUT2D eigenvalue weighted by molar-refractivity contribution is -0.145. The Labute approximate surface area is 142 Å². The van der Waals surface area contributed by atoms with Crippen molar-refractivity contribution in [1.29, 1.82) is 0 Å². The highest BCUT2D eigenvalue weighted by Crippen LogP contribution is 2.22. The molecule has 2 aliphatic heterocycles. The molecule has 3 rings (SSSR count). The van der Waals surface area contributed by atoms with Gasteiger partial charge in [0.05, 0.1) is 19.7 Å². The third kappa shape index (κ3) is 4.12. The second-order valence-corrected chi connectivity index (χ2v) is 6.56. The predicted molar refractivity (Wildman–Crippen MR) is 89.3 cm³/mol. The standard InChI is InChI=1S/C18H25N3O3/c1-14-11-15(6-7-19-14)16-12-21(9-10-24-16)18(23)13-20-8-4-2-3-5-17(20)22/h6-7,11,16H,2-5,8-10,12-13H2,1H3/t16-/m1/s1. The minimum atomic E-state index is -0.121. The molecule has 1 aromatic heterocycles. The van der Waals surface area contributed by atoms with Crippen LogP contribution < -0.4 is 0 Å². The Morgan fingerprint density at radius 2 is 2.21 bits per heavy atom. The molecule has 6 nitrogen and oxygen atoms in total. The van der Waals surface area contributed by atoms with Crippen molar-refractivity contribution in [2.45, 2.75) is 38.7 Å². The summed E-state index contributed by atoms with van der Waals surface area (Å²) >= 11 is 0. The maximum Gasteiger partial charge on any atom is 0.242 e. The number of carbonyl (C=O) groups is 2. The fraction of sp³-hybridized carbons (Fsp3) is 0.611. The minimum absolute atomic E-state index is 0.0179. The monoisotopic (exact) mass is 331 g/mol. The predicted octanol–water partition coefficient (Wildman–Crippen LogP) is 1.69. The van der Waals surface area contributed by atoms with Crippen LogP contribution in [0.25, 0.3) is 0 Å². The number of hydrogen-bond acceptors (Lipinski definition) is 4. The van der Waals surface area contributed by atoms with Crippen molar-refractivity contribution in [3.8, 4) is 0 Å². The lowest BCUT2D eigenvalue weighted by Gasteiger charge is -2.34. The van der Waals surface area contributed by atoms with Crippen molar-refractivity contribution < 1.29 is 14.3 Å². The van der Waals surface area contributed by atoms with Crippen molar-refractivity contribution in [2.75, 3.05) is 32.8 Å². The average Bonchev–Trinajstić information content (AvgIpc) is 2.80. The molecule has 24 heavy (non-hydrogen) atoms. The number of hydrogen-bond donors (Lipinski definition) is 0. The molecule has 0 aliphatic carbocycles. The number of amides is 2. The van der Waals surface area contributed by atoms with Gasteiger partial charge in [-0.3, -0.25) is 14.6 Å². The van der Waals surface area contributed by atoms with Gasteiger partial charge in [0.15, 0.2) is 0 Å². The zero-order chi connectivity index (χ0) is 16.9. The summed E-state index contributed by atoms with van der Waals surface area (Å²) < 4.78 is 5.83. The topological polar surface area (TPSA) is 62.7 Å². The first-order valence-electron chi connectivity index (χ1n) is 8.73. The molecule has 1 aromatic rings. The zero-order valence-electron chi connectivity index (χ0n) is 14.2. The molecular formula is C18H25N3O3. The molecule has 0 aromatic carbocycles. The molecule has 130 valence electrons. The Hall–Kier alpha value is -1.95. The normalized spacial score (nSPS) is 22.4. The van der Waals surface area contributed by atoms with Gasteiger partial charge in [-0.1, -0.05) is 6.42 Å². The SMILES string of the molecule is Cc1cc([C@H]2CN(C(=O)CN3CCCCCC3=O)CCO2)ccn1. The molecule has 2 amide bonds. The van der Waals surface area contributed by atoms with Crippen LogP contribution in [0.15, 0.2) is 18.3 Å². The molecule has 1 atom stereocenters. The van der Waals surface area contributed by atoms with Crippen LogP contribution in [0, 0.1) is 6.92 Å². The van der Waals surface area contributed by atoms with Gasteiger partial charge in [0, 0.05) is 31.4 Å². The summed E-state index contributed by atoms with van der Waals surface area (Å²) in [5.74, 6) is 0.125. The molecule has 0 N–H and O–H groups in total. The Kier molecular flexibility index (Phi) is 5.45. The summed E-state index contributed by atoms with van der Waals surface area (Å²) in [7, 11) is 0. The summed E-state index contributed by atoms with van der Waals surface area (Å²) in [6, 6.07) is 3.93. The smallest absolute Gasteiger partial charge is 0.242 e. The fourth-order valence-corrected chi connectivity index (χ4v) is 3.31. The van der Waals surface area contributed by atoms with Gasteiger partial charge in [0.1, 0.15) is 6.10 Å². The van der Waals surface area contributed by atoms with Crippen molar-refractivity contribution in [3.05, 3.63) is 29.6 Å². The third-order valence-electron chi connectivity index (χ3n) is 4.71. The van der Waals surface area contributed by atoms with Crippen LogP contribution in [-0.2, 0) is 14.3 Å². The second kappa shape index (κ2) is 7.75. The quantitative estimate of drug-likeness (QED) is 0.846. The average molecular weight is 331 g/mol. The first kappa shape index (κ1) is 16.9. The van der Waals surface area contributed by atoms with Gasteiger partial charge in [-0.2, -0.15) is 0 Å². The molecule has 0 bridgehead atoms. The molecule has 0 spiro atoms. The molecular weight excluding hydrogens is 306 g/mol.